The molecule has 2 aliphatic rings. The second-order valence-electron chi connectivity index (χ2n) is 6.05. The van der Waals surface area contributed by atoms with E-state index in [1.807, 2.05) is 0 Å². The summed E-state index contributed by atoms with van der Waals surface area (Å²) in [5.41, 5.74) is 0. The minimum Gasteiger partial charge on any atom is -0.392 e. The number of nitriles is 1. The highest BCUT2D eigenvalue weighted by molar-refractivity contribution is 4.98. The van der Waals surface area contributed by atoms with Gasteiger partial charge in [0.05, 0.1) is 18.1 Å². The van der Waals surface area contributed by atoms with Gasteiger partial charge in [0.25, 0.3) is 0 Å². The van der Waals surface area contributed by atoms with Crippen molar-refractivity contribution >= 4 is 0 Å². The molecule has 17 heavy (non-hydrogen) atoms. The van der Waals surface area contributed by atoms with Crippen molar-refractivity contribution in [2.75, 3.05) is 13.1 Å². The van der Waals surface area contributed by atoms with Crippen LogP contribution in [0.3, 0.4) is 0 Å². The topological polar surface area (TPSA) is 47.3 Å². The van der Waals surface area contributed by atoms with Crippen molar-refractivity contribution in [2.45, 2.75) is 51.7 Å². The van der Waals surface area contributed by atoms with E-state index in [1.165, 1.54) is 6.42 Å². The zero-order valence-electron chi connectivity index (χ0n) is 11.0. The van der Waals surface area contributed by atoms with Gasteiger partial charge < -0.3 is 5.11 Å². The molecule has 0 aromatic heterocycles. The molecule has 3 heteroatoms. The Labute approximate surface area is 104 Å². The number of aliphatic hydroxyl groups excluding tert-OH is 1. The Morgan fingerprint density at radius 2 is 2.00 bits per heavy atom. The molecule has 0 bridgehead atoms. The van der Waals surface area contributed by atoms with E-state index in [-0.39, 0.29) is 12.0 Å². The summed E-state index contributed by atoms with van der Waals surface area (Å²) in [6.07, 6.45) is 4.19. The third-order valence-corrected chi connectivity index (χ3v) is 4.66. The number of β-amino-alcohol motifs (C(OH)–C–C–N with tert-alkyl or cyclic N) is 1. The zero-order chi connectivity index (χ0) is 12.4. The Balaban J connectivity index is 2.02. The smallest absolute Gasteiger partial charge is 0.0693 e. The van der Waals surface area contributed by atoms with Crippen LogP contribution < -0.4 is 0 Å². The van der Waals surface area contributed by atoms with E-state index in [2.05, 4.69) is 24.8 Å². The number of rotatable bonds is 1. The van der Waals surface area contributed by atoms with Crippen LogP contribution in [0.1, 0.15) is 39.5 Å². The van der Waals surface area contributed by atoms with E-state index in [0.717, 1.165) is 38.3 Å². The molecule has 1 saturated carbocycles. The Morgan fingerprint density at radius 1 is 1.24 bits per heavy atom. The molecule has 1 aliphatic carbocycles. The molecule has 1 N–H and O–H groups in total. The average molecular weight is 236 g/mol. The van der Waals surface area contributed by atoms with E-state index in [0.29, 0.717) is 12.0 Å². The van der Waals surface area contributed by atoms with Gasteiger partial charge >= 0.3 is 0 Å². The van der Waals surface area contributed by atoms with Crippen molar-refractivity contribution in [2.24, 2.45) is 17.8 Å². The maximum Gasteiger partial charge on any atom is 0.0693 e. The van der Waals surface area contributed by atoms with Crippen LogP contribution >= 0.6 is 0 Å². The van der Waals surface area contributed by atoms with Gasteiger partial charge in [-0.2, -0.15) is 5.26 Å². The molecule has 5 unspecified atom stereocenters. The Bertz CT molecular complexity index is 299. The van der Waals surface area contributed by atoms with Gasteiger partial charge in [0.15, 0.2) is 0 Å². The van der Waals surface area contributed by atoms with Crippen LogP contribution in [-0.4, -0.2) is 35.2 Å². The molecule has 3 nitrogen and oxygen atoms in total. The monoisotopic (exact) mass is 236 g/mol. The predicted molar refractivity (Wildman–Crippen MR) is 67.3 cm³/mol. The fourth-order valence-corrected chi connectivity index (χ4v) is 3.28. The van der Waals surface area contributed by atoms with Gasteiger partial charge in [-0.05, 0) is 44.1 Å². The molecule has 0 amide bonds. The Morgan fingerprint density at radius 3 is 2.65 bits per heavy atom. The van der Waals surface area contributed by atoms with Crippen molar-refractivity contribution < 1.29 is 5.11 Å². The highest BCUT2D eigenvalue weighted by atomic mass is 16.3. The van der Waals surface area contributed by atoms with Crippen LogP contribution in [0.5, 0.6) is 0 Å². The Kier molecular flexibility index (Phi) is 4.06. The number of hydrogen-bond acceptors (Lipinski definition) is 3. The first-order valence-electron chi connectivity index (χ1n) is 6.93. The highest BCUT2D eigenvalue weighted by Gasteiger charge is 2.36. The largest absolute Gasteiger partial charge is 0.392 e. The van der Waals surface area contributed by atoms with Crippen molar-refractivity contribution in [3.8, 4) is 6.07 Å². The van der Waals surface area contributed by atoms with E-state index in [4.69, 9.17) is 0 Å². The molecule has 1 saturated heterocycles. The lowest BCUT2D eigenvalue weighted by molar-refractivity contribution is -0.0104. The molecule has 0 spiro atoms. The summed E-state index contributed by atoms with van der Waals surface area (Å²) in [6, 6.07) is 2.86. The lowest BCUT2D eigenvalue weighted by atomic mass is 9.78. The summed E-state index contributed by atoms with van der Waals surface area (Å²) < 4.78 is 0. The molecule has 1 heterocycles. The quantitative estimate of drug-likeness (QED) is 0.757. The van der Waals surface area contributed by atoms with Crippen LogP contribution in [0.25, 0.3) is 0 Å². The lowest BCUT2D eigenvalue weighted by Gasteiger charge is -2.44. The molecule has 0 aromatic rings. The number of nitrogens with zero attached hydrogens (tertiary/aromatic N) is 2. The average Bonchev–Trinajstić information content (AvgIpc) is 2.32. The summed E-state index contributed by atoms with van der Waals surface area (Å²) in [6.45, 7) is 6.21. The van der Waals surface area contributed by atoms with Crippen LogP contribution in [0, 0.1) is 29.1 Å². The van der Waals surface area contributed by atoms with Gasteiger partial charge in [-0.25, -0.2) is 0 Å². The molecule has 2 fully saturated rings. The summed E-state index contributed by atoms with van der Waals surface area (Å²) >= 11 is 0. The van der Waals surface area contributed by atoms with E-state index >= 15 is 0 Å². The molecule has 2 rings (SSSR count). The summed E-state index contributed by atoms with van der Waals surface area (Å²) in [7, 11) is 0. The van der Waals surface area contributed by atoms with Gasteiger partial charge in [-0.15, -0.1) is 0 Å². The maximum atomic E-state index is 9.98. The SMILES string of the molecule is CC1CCC(C#N)C(N2CCC(C)C(O)C2)C1. The van der Waals surface area contributed by atoms with Crippen molar-refractivity contribution in [1.29, 1.82) is 5.26 Å². The molecular formula is C14H24N2O. The fraction of sp³-hybridized carbons (Fsp3) is 0.929. The Hall–Kier alpha value is -0.590. The summed E-state index contributed by atoms with van der Waals surface area (Å²) in [5.74, 6) is 1.31. The van der Waals surface area contributed by atoms with Gasteiger partial charge in [0.1, 0.15) is 0 Å². The van der Waals surface area contributed by atoms with Gasteiger partial charge in [-0.3, -0.25) is 4.90 Å². The van der Waals surface area contributed by atoms with Crippen molar-refractivity contribution in [1.82, 2.24) is 4.90 Å². The summed E-state index contributed by atoms with van der Waals surface area (Å²) in [4.78, 5) is 2.37. The first-order valence-corrected chi connectivity index (χ1v) is 6.93. The lowest BCUT2D eigenvalue weighted by Crippen LogP contribution is -2.51. The van der Waals surface area contributed by atoms with Gasteiger partial charge in [0, 0.05) is 12.6 Å². The number of likely N-dealkylation sites (tertiary alicyclic amines) is 1. The second-order valence-corrected chi connectivity index (χ2v) is 6.05. The maximum absolute atomic E-state index is 9.98. The van der Waals surface area contributed by atoms with E-state index in [9.17, 15) is 10.4 Å². The fourth-order valence-electron chi connectivity index (χ4n) is 3.28. The van der Waals surface area contributed by atoms with Crippen LogP contribution in [0.4, 0.5) is 0 Å². The van der Waals surface area contributed by atoms with Crippen molar-refractivity contribution in [3.63, 3.8) is 0 Å². The molecule has 5 atom stereocenters. The molecule has 0 radical (unpaired) electrons. The molecule has 1 aliphatic heterocycles. The summed E-state index contributed by atoms with van der Waals surface area (Å²) in [5, 5.41) is 19.2. The van der Waals surface area contributed by atoms with E-state index < -0.39 is 0 Å². The number of aliphatic hydroxyl groups is 1. The van der Waals surface area contributed by atoms with Crippen LogP contribution in [0.15, 0.2) is 0 Å². The number of piperidine rings is 1. The van der Waals surface area contributed by atoms with Gasteiger partial charge in [0.2, 0.25) is 0 Å². The third kappa shape index (κ3) is 2.81. The minimum atomic E-state index is -0.208. The number of hydrogen-bond donors (Lipinski definition) is 1. The minimum absolute atomic E-state index is 0.173. The predicted octanol–water partition coefficient (Wildman–Crippen LogP) is 2.02. The first-order chi connectivity index (χ1) is 8.11. The van der Waals surface area contributed by atoms with Gasteiger partial charge in [-0.1, -0.05) is 13.8 Å². The van der Waals surface area contributed by atoms with Crippen LogP contribution in [-0.2, 0) is 0 Å². The van der Waals surface area contributed by atoms with E-state index in [1.54, 1.807) is 0 Å². The highest BCUT2D eigenvalue weighted by Crippen LogP contribution is 2.33. The molecule has 96 valence electrons. The molecular weight excluding hydrogens is 212 g/mol. The second kappa shape index (κ2) is 5.37. The molecule has 0 aromatic carbocycles. The zero-order valence-corrected chi connectivity index (χ0v) is 11.0. The first kappa shape index (κ1) is 12.9. The normalized spacial score (nSPS) is 44.2. The third-order valence-electron chi connectivity index (χ3n) is 4.66. The van der Waals surface area contributed by atoms with Crippen molar-refractivity contribution in [3.05, 3.63) is 0 Å². The standard InChI is InChI=1S/C14H24N2O/c1-10-3-4-12(8-15)13(7-10)16-6-5-11(2)14(17)9-16/h10-14,17H,3-7,9H2,1-2H3. The van der Waals surface area contributed by atoms with Crippen LogP contribution in [0.2, 0.25) is 0 Å².